The van der Waals surface area contributed by atoms with Gasteiger partial charge in [-0.25, -0.2) is 4.99 Å². The number of nitrogens with zero attached hydrogens (tertiary/aromatic N) is 3. The zero-order chi connectivity index (χ0) is 23.2. The molecule has 1 aromatic heterocycles. The van der Waals surface area contributed by atoms with Crippen LogP contribution in [0.3, 0.4) is 0 Å². The first-order valence-electron chi connectivity index (χ1n) is 11.1. The van der Waals surface area contributed by atoms with Crippen molar-refractivity contribution in [3.8, 4) is 5.75 Å². The van der Waals surface area contributed by atoms with Crippen molar-refractivity contribution in [2.24, 2.45) is 22.6 Å². The lowest BCUT2D eigenvalue weighted by Crippen LogP contribution is -2.36. The van der Waals surface area contributed by atoms with Crippen LogP contribution < -0.4 is 15.8 Å². The average Bonchev–Trinajstić information content (AvgIpc) is 3.27. The van der Waals surface area contributed by atoms with Gasteiger partial charge in [-0.15, -0.1) is 0 Å². The maximum atomic E-state index is 12.6. The van der Waals surface area contributed by atoms with Crippen LogP contribution in [0.5, 0.6) is 5.75 Å². The van der Waals surface area contributed by atoms with Gasteiger partial charge in [0.15, 0.2) is 0 Å². The lowest BCUT2D eigenvalue weighted by atomic mass is 9.88. The quantitative estimate of drug-likeness (QED) is 0.554. The third-order valence-electron chi connectivity index (χ3n) is 5.80. The largest absolute Gasteiger partial charge is 0.489 e. The second-order valence-electron chi connectivity index (χ2n) is 8.37. The molecule has 0 radical (unpaired) electrons. The number of aromatic nitrogens is 2. The van der Waals surface area contributed by atoms with Gasteiger partial charge in [-0.3, -0.25) is 9.48 Å². The predicted molar refractivity (Wildman–Crippen MR) is 129 cm³/mol. The smallest absolute Gasteiger partial charge is 0.254 e. The number of para-hydroxylation sites is 1. The van der Waals surface area contributed by atoms with Gasteiger partial charge in [0, 0.05) is 24.4 Å². The Morgan fingerprint density at radius 3 is 2.58 bits per heavy atom. The van der Waals surface area contributed by atoms with Gasteiger partial charge in [-0.05, 0) is 42.2 Å². The van der Waals surface area contributed by atoms with Crippen molar-refractivity contribution in [1.29, 1.82) is 0 Å². The molecular formula is C26H29N5O2. The molecule has 1 aliphatic heterocycles. The number of amides is 1. The third-order valence-corrected chi connectivity index (χ3v) is 5.80. The Bertz CT molecular complexity index is 1150. The van der Waals surface area contributed by atoms with E-state index in [1.807, 2.05) is 55.5 Å². The van der Waals surface area contributed by atoms with Crippen LogP contribution in [-0.2, 0) is 13.2 Å². The number of carbonyl (C=O) groups is 1. The maximum absolute atomic E-state index is 12.6. The second kappa shape index (κ2) is 10.2. The van der Waals surface area contributed by atoms with Gasteiger partial charge in [-0.1, -0.05) is 49.4 Å². The molecule has 3 N–H and O–H groups in total. The van der Waals surface area contributed by atoms with E-state index in [1.54, 1.807) is 17.1 Å². The molecule has 0 spiro atoms. The van der Waals surface area contributed by atoms with Gasteiger partial charge in [-0.2, -0.15) is 5.10 Å². The lowest BCUT2D eigenvalue weighted by molar-refractivity contribution is 0.0949. The van der Waals surface area contributed by atoms with Crippen molar-refractivity contribution in [3.05, 3.63) is 95.6 Å². The molecule has 0 aliphatic carbocycles. The van der Waals surface area contributed by atoms with Gasteiger partial charge in [0.2, 0.25) is 0 Å². The summed E-state index contributed by atoms with van der Waals surface area (Å²) < 4.78 is 7.55. The van der Waals surface area contributed by atoms with Crippen LogP contribution in [0.4, 0.5) is 0 Å². The minimum absolute atomic E-state index is 0.140. The van der Waals surface area contributed by atoms with Crippen molar-refractivity contribution in [2.75, 3.05) is 6.54 Å². The van der Waals surface area contributed by atoms with Crippen molar-refractivity contribution >= 4 is 11.6 Å². The predicted octanol–water partition coefficient (Wildman–Crippen LogP) is 3.77. The normalized spacial score (nSPS) is 17.8. The third kappa shape index (κ3) is 5.88. The summed E-state index contributed by atoms with van der Waals surface area (Å²) in [5, 5.41) is 7.35. The Morgan fingerprint density at radius 1 is 1.12 bits per heavy atom. The van der Waals surface area contributed by atoms with E-state index >= 15 is 0 Å². The highest BCUT2D eigenvalue weighted by atomic mass is 16.5. The first-order chi connectivity index (χ1) is 16.0. The Kier molecular flexibility index (Phi) is 6.88. The Balaban J connectivity index is 1.28. The van der Waals surface area contributed by atoms with Gasteiger partial charge in [0.1, 0.15) is 18.2 Å². The summed E-state index contributed by atoms with van der Waals surface area (Å²) in [4.78, 5) is 16.9. The Hall–Kier alpha value is -3.87. The van der Waals surface area contributed by atoms with E-state index in [0.29, 0.717) is 31.1 Å². The first kappa shape index (κ1) is 22.3. The zero-order valence-electron chi connectivity index (χ0n) is 18.9. The SMILES string of the molecule is CC1=NC(N)=CC(C)C1CNC(=O)c1cnn(Cc2ccc(COc3ccccc3)cc2)c1. The first-order valence-corrected chi connectivity index (χ1v) is 11.1. The molecular weight excluding hydrogens is 414 g/mol. The molecule has 1 aliphatic rings. The average molecular weight is 444 g/mol. The molecule has 0 bridgehead atoms. The minimum atomic E-state index is -0.141. The van der Waals surface area contributed by atoms with E-state index in [9.17, 15) is 4.79 Å². The molecule has 4 rings (SSSR count). The monoisotopic (exact) mass is 443 g/mol. The zero-order valence-corrected chi connectivity index (χ0v) is 18.9. The number of hydrogen-bond donors (Lipinski definition) is 2. The number of aliphatic imine (C=N–C) groups is 1. The molecule has 2 aromatic carbocycles. The van der Waals surface area contributed by atoms with Crippen molar-refractivity contribution < 1.29 is 9.53 Å². The van der Waals surface area contributed by atoms with Crippen LogP contribution in [0, 0.1) is 11.8 Å². The number of hydrogen-bond acceptors (Lipinski definition) is 5. The van der Waals surface area contributed by atoms with E-state index in [4.69, 9.17) is 10.5 Å². The fraction of sp³-hybridized carbons (Fsp3) is 0.269. The van der Waals surface area contributed by atoms with Crippen LogP contribution in [-0.4, -0.2) is 27.9 Å². The summed E-state index contributed by atoms with van der Waals surface area (Å²) in [6.45, 7) is 5.64. The van der Waals surface area contributed by atoms with Crippen LogP contribution in [0.1, 0.15) is 35.3 Å². The molecule has 2 unspecified atom stereocenters. The second-order valence-corrected chi connectivity index (χ2v) is 8.37. The number of allylic oxidation sites excluding steroid dienone is 1. The highest BCUT2D eigenvalue weighted by molar-refractivity contribution is 5.94. The molecule has 2 heterocycles. The number of rotatable bonds is 8. The van der Waals surface area contributed by atoms with Crippen molar-refractivity contribution in [1.82, 2.24) is 15.1 Å². The number of nitrogens with two attached hydrogens (primary N) is 1. The van der Waals surface area contributed by atoms with Crippen LogP contribution >= 0.6 is 0 Å². The summed E-state index contributed by atoms with van der Waals surface area (Å²) in [6.07, 6.45) is 5.30. The molecule has 3 aromatic rings. The van der Waals surface area contributed by atoms with Crippen molar-refractivity contribution in [3.63, 3.8) is 0 Å². The summed E-state index contributed by atoms with van der Waals surface area (Å²) >= 11 is 0. The Labute approximate surface area is 194 Å². The highest BCUT2D eigenvalue weighted by Gasteiger charge is 2.23. The number of ether oxygens (including phenoxy) is 1. The molecule has 170 valence electrons. The van der Waals surface area contributed by atoms with Crippen LogP contribution in [0.15, 0.2) is 83.9 Å². The number of nitrogens with one attached hydrogen (secondary N) is 1. The van der Waals surface area contributed by atoms with Crippen LogP contribution in [0.2, 0.25) is 0 Å². The molecule has 7 nitrogen and oxygen atoms in total. The standard InChI is InChI=1S/C26H29N5O2/c1-18-12-25(27)30-19(2)24(18)14-28-26(32)22-13-29-31(16-22)15-20-8-10-21(11-9-20)17-33-23-6-4-3-5-7-23/h3-13,16,18,24H,14-15,17,27H2,1-2H3,(H,28,32). The maximum Gasteiger partial charge on any atom is 0.254 e. The topological polar surface area (TPSA) is 94.5 Å². The van der Waals surface area contributed by atoms with Crippen LogP contribution in [0.25, 0.3) is 0 Å². The van der Waals surface area contributed by atoms with Crippen molar-refractivity contribution in [2.45, 2.75) is 27.0 Å². The van der Waals surface area contributed by atoms with E-state index in [1.165, 1.54) is 0 Å². The fourth-order valence-electron chi connectivity index (χ4n) is 3.91. The van der Waals surface area contributed by atoms with Gasteiger partial charge >= 0.3 is 0 Å². The number of benzene rings is 2. The summed E-state index contributed by atoms with van der Waals surface area (Å²) in [7, 11) is 0. The molecule has 0 saturated heterocycles. The summed E-state index contributed by atoms with van der Waals surface area (Å²) in [6, 6.07) is 18.0. The minimum Gasteiger partial charge on any atom is -0.489 e. The molecule has 0 fully saturated rings. The molecule has 7 heteroatoms. The molecule has 0 saturated carbocycles. The summed E-state index contributed by atoms with van der Waals surface area (Å²) in [5.41, 5.74) is 9.48. The molecule has 2 atom stereocenters. The number of carbonyl (C=O) groups excluding carboxylic acids is 1. The van der Waals surface area contributed by atoms with E-state index < -0.39 is 0 Å². The van der Waals surface area contributed by atoms with E-state index in [-0.39, 0.29) is 17.7 Å². The fourth-order valence-corrected chi connectivity index (χ4v) is 3.91. The lowest BCUT2D eigenvalue weighted by Gasteiger charge is -2.25. The van der Waals surface area contributed by atoms with E-state index in [0.717, 1.165) is 22.6 Å². The molecule has 33 heavy (non-hydrogen) atoms. The van der Waals surface area contributed by atoms with E-state index in [2.05, 4.69) is 34.5 Å². The Morgan fingerprint density at radius 2 is 1.85 bits per heavy atom. The van der Waals surface area contributed by atoms with Gasteiger partial charge in [0.25, 0.3) is 5.91 Å². The highest BCUT2D eigenvalue weighted by Crippen LogP contribution is 2.21. The molecule has 1 amide bonds. The van der Waals surface area contributed by atoms with Gasteiger partial charge in [0.05, 0.1) is 18.3 Å². The van der Waals surface area contributed by atoms with Gasteiger partial charge < -0.3 is 15.8 Å². The summed E-state index contributed by atoms with van der Waals surface area (Å²) in [5.74, 6) is 1.62.